The second kappa shape index (κ2) is 7.18. The molecule has 0 bridgehead atoms. The molecule has 24 heavy (non-hydrogen) atoms. The summed E-state index contributed by atoms with van der Waals surface area (Å²) in [5.41, 5.74) is 4.05. The average Bonchev–Trinajstić information content (AvgIpc) is 2.62. The van der Waals surface area contributed by atoms with Crippen LogP contribution in [0.15, 0.2) is 42.5 Å². The molecule has 4 nitrogen and oxygen atoms in total. The molecule has 0 saturated carbocycles. The predicted octanol–water partition coefficient (Wildman–Crippen LogP) is 3.84. The number of carbonyl (C=O) groups is 1. The highest BCUT2D eigenvalue weighted by atomic mass is 16.5. The molecular formula is C20H20N2O2. The minimum Gasteiger partial charge on any atom is -0.481 e. The van der Waals surface area contributed by atoms with Crippen molar-refractivity contribution in [2.45, 2.75) is 38.7 Å². The van der Waals surface area contributed by atoms with E-state index in [-0.39, 0.29) is 5.91 Å². The molecule has 1 amide bonds. The number of rotatable bonds is 4. The minimum atomic E-state index is -0.614. The van der Waals surface area contributed by atoms with Crippen molar-refractivity contribution in [1.82, 2.24) is 0 Å². The second-order valence-corrected chi connectivity index (χ2v) is 6.04. The van der Waals surface area contributed by atoms with Gasteiger partial charge in [-0.25, -0.2) is 0 Å². The van der Waals surface area contributed by atoms with E-state index >= 15 is 0 Å². The van der Waals surface area contributed by atoms with E-state index in [9.17, 15) is 4.79 Å². The van der Waals surface area contributed by atoms with Gasteiger partial charge in [0.05, 0.1) is 11.6 Å². The van der Waals surface area contributed by atoms with Gasteiger partial charge < -0.3 is 10.1 Å². The van der Waals surface area contributed by atoms with Crippen molar-refractivity contribution in [2.75, 3.05) is 5.32 Å². The van der Waals surface area contributed by atoms with Crippen molar-refractivity contribution < 1.29 is 9.53 Å². The van der Waals surface area contributed by atoms with Crippen molar-refractivity contribution >= 4 is 11.6 Å². The molecular weight excluding hydrogens is 300 g/mol. The molecule has 3 rings (SSSR count). The van der Waals surface area contributed by atoms with Crippen LogP contribution in [0.4, 0.5) is 5.69 Å². The van der Waals surface area contributed by atoms with E-state index in [1.165, 1.54) is 17.5 Å². The van der Waals surface area contributed by atoms with Crippen molar-refractivity contribution in [3.8, 4) is 11.8 Å². The molecule has 1 aliphatic carbocycles. The van der Waals surface area contributed by atoms with Gasteiger partial charge in [-0.15, -0.1) is 0 Å². The Labute approximate surface area is 142 Å². The molecule has 122 valence electrons. The lowest BCUT2D eigenvalue weighted by atomic mass is 9.90. The van der Waals surface area contributed by atoms with Gasteiger partial charge in [-0.05, 0) is 74.1 Å². The molecule has 0 heterocycles. The monoisotopic (exact) mass is 320 g/mol. The molecule has 1 aliphatic rings. The number of nitrogens with one attached hydrogen (secondary N) is 1. The first-order chi connectivity index (χ1) is 11.7. The fourth-order valence-corrected chi connectivity index (χ4v) is 3.00. The van der Waals surface area contributed by atoms with Crippen molar-refractivity contribution in [2.24, 2.45) is 0 Å². The third kappa shape index (κ3) is 3.57. The highest BCUT2D eigenvalue weighted by Gasteiger charge is 2.18. The van der Waals surface area contributed by atoms with Gasteiger partial charge in [0.15, 0.2) is 6.10 Å². The first-order valence-electron chi connectivity index (χ1n) is 8.26. The van der Waals surface area contributed by atoms with Gasteiger partial charge in [0.2, 0.25) is 0 Å². The quantitative estimate of drug-likeness (QED) is 0.931. The Morgan fingerprint density at radius 1 is 1.17 bits per heavy atom. The third-order valence-electron chi connectivity index (χ3n) is 4.32. The van der Waals surface area contributed by atoms with E-state index in [2.05, 4.69) is 17.5 Å². The van der Waals surface area contributed by atoms with E-state index in [1.807, 2.05) is 12.1 Å². The standard InChI is InChI=1S/C20H20N2O2/c1-14(24-17-11-9-15(13-21)10-12-17)20(23)22-19-8-4-6-16-5-2-3-7-18(16)19/h4,6,8-12,14H,2-3,5,7H2,1H3,(H,22,23). The van der Waals surface area contributed by atoms with E-state index in [0.717, 1.165) is 24.9 Å². The normalized spacial score (nSPS) is 14.2. The van der Waals surface area contributed by atoms with Gasteiger partial charge in [-0.2, -0.15) is 5.26 Å². The summed E-state index contributed by atoms with van der Waals surface area (Å²) in [6.45, 7) is 1.73. The first kappa shape index (κ1) is 16.1. The molecule has 0 radical (unpaired) electrons. The topological polar surface area (TPSA) is 62.1 Å². The highest BCUT2D eigenvalue weighted by molar-refractivity contribution is 5.95. The Morgan fingerprint density at radius 2 is 1.92 bits per heavy atom. The number of anilines is 1. The third-order valence-corrected chi connectivity index (χ3v) is 4.32. The SMILES string of the molecule is CC(Oc1ccc(C#N)cc1)C(=O)Nc1cccc2c1CCCC2. The van der Waals surface area contributed by atoms with Gasteiger partial charge in [0.25, 0.3) is 5.91 Å². The maximum atomic E-state index is 12.4. The van der Waals surface area contributed by atoms with Crippen LogP contribution in [0.1, 0.15) is 36.5 Å². The van der Waals surface area contributed by atoms with Crippen LogP contribution in [0.5, 0.6) is 5.75 Å². The average molecular weight is 320 g/mol. The summed E-state index contributed by atoms with van der Waals surface area (Å²) >= 11 is 0. The molecule has 2 aromatic carbocycles. The van der Waals surface area contributed by atoms with Crippen molar-refractivity contribution in [1.29, 1.82) is 5.26 Å². The van der Waals surface area contributed by atoms with Crippen molar-refractivity contribution in [3.63, 3.8) is 0 Å². The Kier molecular flexibility index (Phi) is 4.81. The number of nitrogens with zero attached hydrogens (tertiary/aromatic N) is 1. The first-order valence-corrected chi connectivity index (χ1v) is 8.26. The molecule has 4 heteroatoms. The summed E-state index contributed by atoms with van der Waals surface area (Å²) in [5.74, 6) is 0.407. The Bertz CT molecular complexity index is 775. The number of amides is 1. The maximum Gasteiger partial charge on any atom is 0.265 e. The molecule has 2 aromatic rings. The number of hydrogen-bond acceptors (Lipinski definition) is 3. The van der Waals surface area contributed by atoms with Crippen LogP contribution in [0.25, 0.3) is 0 Å². The van der Waals surface area contributed by atoms with Crippen LogP contribution < -0.4 is 10.1 Å². The zero-order valence-electron chi connectivity index (χ0n) is 13.7. The number of benzene rings is 2. The molecule has 1 N–H and O–H groups in total. The maximum absolute atomic E-state index is 12.4. The molecule has 1 unspecified atom stereocenters. The highest BCUT2D eigenvalue weighted by Crippen LogP contribution is 2.28. The van der Waals surface area contributed by atoms with Crippen LogP contribution in [-0.4, -0.2) is 12.0 Å². The lowest BCUT2D eigenvalue weighted by Gasteiger charge is -2.21. The predicted molar refractivity (Wildman–Crippen MR) is 93.0 cm³/mol. The molecule has 0 spiro atoms. The fraction of sp³-hybridized carbons (Fsp3) is 0.300. The number of hydrogen-bond donors (Lipinski definition) is 1. The molecule has 0 fully saturated rings. The zero-order valence-corrected chi connectivity index (χ0v) is 13.7. The largest absolute Gasteiger partial charge is 0.481 e. The number of carbonyl (C=O) groups excluding carboxylic acids is 1. The van der Waals surface area contributed by atoms with Crippen LogP contribution in [-0.2, 0) is 17.6 Å². The lowest BCUT2D eigenvalue weighted by Crippen LogP contribution is -2.30. The zero-order chi connectivity index (χ0) is 16.9. The van der Waals surface area contributed by atoms with E-state index < -0.39 is 6.10 Å². The second-order valence-electron chi connectivity index (χ2n) is 6.04. The summed E-state index contributed by atoms with van der Waals surface area (Å²) in [4.78, 5) is 12.4. The molecule has 0 saturated heterocycles. The number of nitriles is 1. The Balaban J connectivity index is 1.67. The Morgan fingerprint density at radius 3 is 2.67 bits per heavy atom. The van der Waals surface area contributed by atoms with E-state index in [4.69, 9.17) is 10.00 Å². The number of ether oxygens (including phenoxy) is 1. The van der Waals surface area contributed by atoms with Crippen LogP contribution in [0, 0.1) is 11.3 Å². The lowest BCUT2D eigenvalue weighted by molar-refractivity contribution is -0.122. The number of fused-ring (bicyclic) bond motifs is 1. The van der Waals surface area contributed by atoms with E-state index in [0.29, 0.717) is 11.3 Å². The summed E-state index contributed by atoms with van der Waals surface area (Å²) in [7, 11) is 0. The Hall–Kier alpha value is -2.80. The molecule has 0 aliphatic heterocycles. The van der Waals surface area contributed by atoms with E-state index in [1.54, 1.807) is 31.2 Å². The number of aryl methyl sites for hydroxylation is 1. The fourth-order valence-electron chi connectivity index (χ4n) is 3.00. The summed E-state index contributed by atoms with van der Waals surface area (Å²) in [6.07, 6.45) is 3.85. The smallest absolute Gasteiger partial charge is 0.265 e. The summed E-state index contributed by atoms with van der Waals surface area (Å²) < 4.78 is 5.67. The minimum absolute atomic E-state index is 0.168. The van der Waals surface area contributed by atoms with Crippen LogP contribution in [0.3, 0.4) is 0 Å². The van der Waals surface area contributed by atoms with Crippen LogP contribution in [0.2, 0.25) is 0 Å². The molecule has 0 aromatic heterocycles. The van der Waals surface area contributed by atoms with Crippen molar-refractivity contribution in [3.05, 3.63) is 59.2 Å². The van der Waals surface area contributed by atoms with Gasteiger partial charge in [0.1, 0.15) is 5.75 Å². The summed E-state index contributed by atoms with van der Waals surface area (Å²) in [6, 6.07) is 14.9. The van der Waals surface area contributed by atoms with Gasteiger partial charge >= 0.3 is 0 Å². The van der Waals surface area contributed by atoms with Gasteiger partial charge in [-0.1, -0.05) is 12.1 Å². The summed E-state index contributed by atoms with van der Waals surface area (Å²) in [5, 5.41) is 11.8. The molecule has 1 atom stereocenters. The van der Waals surface area contributed by atoms with Gasteiger partial charge in [0, 0.05) is 5.69 Å². The van der Waals surface area contributed by atoms with Gasteiger partial charge in [-0.3, -0.25) is 4.79 Å². The van der Waals surface area contributed by atoms with Crippen LogP contribution >= 0.6 is 0 Å².